The van der Waals surface area contributed by atoms with E-state index in [1.54, 1.807) is 6.07 Å². The molecule has 0 radical (unpaired) electrons. The number of hydrogen-bond acceptors (Lipinski definition) is 5. The first-order valence-corrected chi connectivity index (χ1v) is 8.99. The molecule has 7 nitrogen and oxygen atoms in total. The van der Waals surface area contributed by atoms with Crippen LogP contribution >= 0.6 is 0 Å². The quantitative estimate of drug-likeness (QED) is 0.861. The van der Waals surface area contributed by atoms with Crippen molar-refractivity contribution >= 4 is 17.4 Å². The van der Waals surface area contributed by atoms with Gasteiger partial charge in [0.1, 0.15) is 18.1 Å². The van der Waals surface area contributed by atoms with E-state index >= 15 is 0 Å². The van der Waals surface area contributed by atoms with Gasteiger partial charge in [0, 0.05) is 31.0 Å². The van der Waals surface area contributed by atoms with E-state index in [-0.39, 0.29) is 5.69 Å². The molecule has 1 fully saturated rings. The Bertz CT molecular complexity index is 889. The minimum absolute atomic E-state index is 0.0518. The Morgan fingerprint density at radius 2 is 1.82 bits per heavy atom. The van der Waals surface area contributed by atoms with Crippen LogP contribution in [0.25, 0.3) is 0 Å². The van der Waals surface area contributed by atoms with E-state index < -0.39 is 29.9 Å². The number of nitrogens with zero attached hydrogens (tertiary/aromatic N) is 4. The van der Waals surface area contributed by atoms with Gasteiger partial charge in [0.05, 0.1) is 0 Å². The summed E-state index contributed by atoms with van der Waals surface area (Å²) >= 11 is 0. The molecule has 150 valence electrons. The predicted molar refractivity (Wildman–Crippen MR) is 97.0 cm³/mol. The van der Waals surface area contributed by atoms with Gasteiger partial charge in [0.25, 0.3) is 5.56 Å². The molecule has 1 aliphatic rings. The summed E-state index contributed by atoms with van der Waals surface area (Å²) in [5.74, 6) is -0.0421. The molecule has 28 heavy (non-hydrogen) atoms. The van der Waals surface area contributed by atoms with Gasteiger partial charge < -0.3 is 10.2 Å². The summed E-state index contributed by atoms with van der Waals surface area (Å²) in [6, 6.07) is 4.95. The van der Waals surface area contributed by atoms with E-state index in [9.17, 15) is 22.8 Å². The Balaban J connectivity index is 1.71. The number of rotatable bonds is 4. The maximum Gasteiger partial charge on any atom is 0.433 e. The number of hydrogen-bond donors (Lipinski definition) is 1. The van der Waals surface area contributed by atoms with Crippen molar-refractivity contribution in [3.05, 3.63) is 46.5 Å². The SMILES string of the molecule is O=C(Cn1nc(N2CCCCCC2)ccc1=O)Nc1ccnc(C(F)(F)F)c1. The zero-order chi connectivity index (χ0) is 20.1. The lowest BCUT2D eigenvalue weighted by atomic mass is 10.2. The van der Waals surface area contributed by atoms with E-state index in [0.29, 0.717) is 5.82 Å². The third kappa shape index (κ3) is 5.08. The Labute approximate surface area is 159 Å². The first kappa shape index (κ1) is 19.8. The van der Waals surface area contributed by atoms with Gasteiger partial charge in [-0.25, -0.2) is 4.68 Å². The maximum atomic E-state index is 12.7. The molecule has 0 saturated carbocycles. The zero-order valence-electron chi connectivity index (χ0n) is 15.1. The van der Waals surface area contributed by atoms with Gasteiger partial charge in [0.15, 0.2) is 0 Å². The zero-order valence-corrected chi connectivity index (χ0v) is 15.1. The van der Waals surface area contributed by atoms with Crippen molar-refractivity contribution in [3.8, 4) is 0 Å². The fourth-order valence-corrected chi connectivity index (χ4v) is 3.02. The third-order valence-electron chi connectivity index (χ3n) is 4.41. The molecule has 0 aliphatic carbocycles. The van der Waals surface area contributed by atoms with E-state index in [4.69, 9.17) is 0 Å². The van der Waals surface area contributed by atoms with Crippen LogP contribution in [0.2, 0.25) is 0 Å². The summed E-state index contributed by atoms with van der Waals surface area (Å²) in [6.07, 6.45) is 0.702. The van der Waals surface area contributed by atoms with Crippen molar-refractivity contribution in [1.82, 2.24) is 14.8 Å². The van der Waals surface area contributed by atoms with Crippen LogP contribution in [0.5, 0.6) is 0 Å². The summed E-state index contributed by atoms with van der Waals surface area (Å²) in [4.78, 5) is 29.6. The van der Waals surface area contributed by atoms with Crippen LogP contribution in [-0.4, -0.2) is 33.8 Å². The van der Waals surface area contributed by atoms with Gasteiger partial charge in [-0.05, 0) is 31.0 Å². The summed E-state index contributed by atoms with van der Waals surface area (Å²) in [5, 5.41) is 6.60. The number of carbonyl (C=O) groups is 1. The van der Waals surface area contributed by atoms with Crippen LogP contribution in [0.15, 0.2) is 35.3 Å². The average Bonchev–Trinajstić information content (AvgIpc) is 2.92. The highest BCUT2D eigenvalue weighted by Crippen LogP contribution is 2.28. The van der Waals surface area contributed by atoms with Crippen LogP contribution < -0.4 is 15.8 Å². The van der Waals surface area contributed by atoms with Crippen LogP contribution in [0.3, 0.4) is 0 Å². The number of anilines is 2. The molecular weight excluding hydrogens is 375 g/mol. The monoisotopic (exact) mass is 395 g/mol. The Kier molecular flexibility index (Phi) is 5.96. The topological polar surface area (TPSA) is 80.1 Å². The largest absolute Gasteiger partial charge is 0.433 e. The Hall–Kier alpha value is -2.91. The molecule has 0 bridgehead atoms. The minimum Gasteiger partial charge on any atom is -0.355 e. The number of aromatic nitrogens is 3. The van der Waals surface area contributed by atoms with E-state index in [2.05, 4.69) is 20.3 Å². The molecule has 0 aromatic carbocycles. The van der Waals surface area contributed by atoms with E-state index in [0.717, 1.165) is 55.7 Å². The van der Waals surface area contributed by atoms with Crippen molar-refractivity contribution < 1.29 is 18.0 Å². The van der Waals surface area contributed by atoms with E-state index in [1.807, 2.05) is 0 Å². The number of halogens is 3. The van der Waals surface area contributed by atoms with Gasteiger partial charge >= 0.3 is 6.18 Å². The van der Waals surface area contributed by atoms with Crippen molar-refractivity contribution in [1.29, 1.82) is 0 Å². The lowest BCUT2D eigenvalue weighted by Gasteiger charge is -2.21. The smallest absolute Gasteiger partial charge is 0.355 e. The molecule has 1 N–H and O–H groups in total. The number of carbonyl (C=O) groups excluding carboxylic acids is 1. The summed E-state index contributed by atoms with van der Waals surface area (Å²) in [5.41, 5.74) is -1.62. The standard InChI is InChI=1S/C18H20F3N5O2/c19-18(20,21)14-11-13(7-8-22-14)23-16(27)12-26-17(28)6-5-15(24-26)25-9-3-1-2-4-10-25/h5-8,11H,1-4,9-10,12H2,(H,22,23,27). The highest BCUT2D eigenvalue weighted by atomic mass is 19.4. The molecule has 3 rings (SSSR count). The van der Waals surface area contributed by atoms with Crippen molar-refractivity contribution in [2.45, 2.75) is 38.4 Å². The molecular formula is C18H20F3N5O2. The molecule has 2 aromatic heterocycles. The number of pyridine rings is 1. The Morgan fingerprint density at radius 1 is 1.11 bits per heavy atom. The fraction of sp³-hybridized carbons (Fsp3) is 0.444. The highest BCUT2D eigenvalue weighted by molar-refractivity contribution is 5.90. The highest BCUT2D eigenvalue weighted by Gasteiger charge is 2.32. The maximum absolute atomic E-state index is 12.7. The first-order valence-electron chi connectivity index (χ1n) is 8.99. The normalized spacial score (nSPS) is 15.2. The fourth-order valence-electron chi connectivity index (χ4n) is 3.02. The van der Waals surface area contributed by atoms with Crippen molar-refractivity contribution in [3.63, 3.8) is 0 Å². The second-order valence-electron chi connectivity index (χ2n) is 6.56. The minimum atomic E-state index is -4.61. The van der Waals surface area contributed by atoms with Crippen LogP contribution in [0, 0.1) is 0 Å². The molecule has 0 unspecified atom stereocenters. The molecule has 3 heterocycles. The second kappa shape index (κ2) is 8.41. The van der Waals surface area contributed by atoms with Crippen molar-refractivity contribution in [2.24, 2.45) is 0 Å². The Morgan fingerprint density at radius 3 is 2.50 bits per heavy atom. The molecule has 1 aliphatic heterocycles. The van der Waals surface area contributed by atoms with E-state index in [1.165, 1.54) is 12.1 Å². The number of amides is 1. The summed E-state index contributed by atoms with van der Waals surface area (Å²) in [7, 11) is 0. The number of alkyl halides is 3. The van der Waals surface area contributed by atoms with Crippen LogP contribution in [0.4, 0.5) is 24.7 Å². The van der Waals surface area contributed by atoms with Gasteiger partial charge in [-0.3, -0.25) is 14.6 Å². The summed E-state index contributed by atoms with van der Waals surface area (Å²) in [6.45, 7) is 1.26. The van der Waals surface area contributed by atoms with Gasteiger partial charge in [-0.2, -0.15) is 18.3 Å². The molecule has 1 saturated heterocycles. The predicted octanol–water partition coefficient (Wildman–Crippen LogP) is 2.68. The third-order valence-corrected chi connectivity index (χ3v) is 4.41. The van der Waals surface area contributed by atoms with Crippen LogP contribution in [-0.2, 0) is 17.5 Å². The molecule has 2 aromatic rings. The summed E-state index contributed by atoms with van der Waals surface area (Å²) < 4.78 is 39.2. The molecule has 1 amide bonds. The average molecular weight is 395 g/mol. The number of nitrogens with one attached hydrogen (secondary N) is 1. The first-order chi connectivity index (χ1) is 13.3. The van der Waals surface area contributed by atoms with Gasteiger partial charge in [0.2, 0.25) is 5.91 Å². The molecule has 0 atom stereocenters. The van der Waals surface area contributed by atoms with Gasteiger partial charge in [-0.1, -0.05) is 12.8 Å². The van der Waals surface area contributed by atoms with Crippen molar-refractivity contribution in [2.75, 3.05) is 23.3 Å². The van der Waals surface area contributed by atoms with Gasteiger partial charge in [-0.15, -0.1) is 0 Å². The second-order valence-corrected chi connectivity index (χ2v) is 6.56. The lowest BCUT2D eigenvalue weighted by Crippen LogP contribution is -2.32. The lowest BCUT2D eigenvalue weighted by molar-refractivity contribution is -0.141. The molecule has 0 spiro atoms. The molecule has 10 heteroatoms. The van der Waals surface area contributed by atoms with Crippen LogP contribution in [0.1, 0.15) is 31.4 Å².